The number of nitrogens with zero attached hydrogens (tertiary/aromatic N) is 1. The molecule has 0 aliphatic heterocycles. The van der Waals surface area contributed by atoms with Crippen LogP contribution in [0, 0.1) is 5.41 Å². The van der Waals surface area contributed by atoms with Gasteiger partial charge in [-0.3, -0.25) is 4.79 Å². The van der Waals surface area contributed by atoms with Gasteiger partial charge in [0.25, 0.3) is 0 Å². The number of thiocarbonyl (C=S) groups is 1. The molecule has 1 aromatic rings. The molecule has 0 bridgehead atoms. The third-order valence-electron chi connectivity index (χ3n) is 3.29. The van der Waals surface area contributed by atoms with E-state index in [0.29, 0.717) is 4.99 Å². The van der Waals surface area contributed by atoms with E-state index < -0.39 is 5.41 Å². The zero-order chi connectivity index (χ0) is 13.3. The number of hydrogen-bond acceptors (Lipinski definition) is 4. The van der Waals surface area contributed by atoms with E-state index >= 15 is 0 Å². The van der Waals surface area contributed by atoms with E-state index in [1.807, 2.05) is 13.1 Å². The van der Waals surface area contributed by atoms with Crippen LogP contribution in [0.25, 0.3) is 0 Å². The van der Waals surface area contributed by atoms with Crippen LogP contribution in [-0.4, -0.2) is 15.9 Å². The average molecular weight is 283 g/mol. The summed E-state index contributed by atoms with van der Waals surface area (Å²) in [5.41, 5.74) is 5.04. The number of nitrogens with two attached hydrogens (primary N) is 1. The fraction of sp³-hybridized carbons (Fsp3) is 0.583. The highest BCUT2D eigenvalue weighted by molar-refractivity contribution is 7.80. The van der Waals surface area contributed by atoms with E-state index in [0.717, 1.165) is 24.3 Å². The minimum Gasteiger partial charge on any atom is -0.392 e. The maximum absolute atomic E-state index is 12.1. The largest absolute Gasteiger partial charge is 0.392 e. The third kappa shape index (κ3) is 2.40. The minimum atomic E-state index is -0.589. The molecular weight excluding hydrogens is 266 g/mol. The summed E-state index contributed by atoms with van der Waals surface area (Å²) in [5, 5.41) is 3.89. The van der Waals surface area contributed by atoms with E-state index in [1.54, 1.807) is 11.3 Å². The van der Waals surface area contributed by atoms with Gasteiger partial charge in [0.2, 0.25) is 5.91 Å². The average Bonchev–Trinajstić information content (AvgIpc) is 3.01. The number of rotatable bonds is 5. The van der Waals surface area contributed by atoms with Crippen LogP contribution in [0.3, 0.4) is 0 Å². The Balaban J connectivity index is 2.01. The molecule has 4 nitrogen and oxygen atoms in total. The molecule has 1 heterocycles. The van der Waals surface area contributed by atoms with Gasteiger partial charge in [-0.25, -0.2) is 4.98 Å². The molecule has 0 saturated heterocycles. The first-order valence-electron chi connectivity index (χ1n) is 6.05. The maximum atomic E-state index is 12.1. The van der Waals surface area contributed by atoms with Crippen molar-refractivity contribution in [3.8, 4) is 0 Å². The second-order valence-electron chi connectivity index (χ2n) is 4.66. The number of amides is 1. The van der Waals surface area contributed by atoms with Crippen LogP contribution in [0.15, 0.2) is 6.20 Å². The lowest BCUT2D eigenvalue weighted by Gasteiger charge is -2.17. The SMILES string of the molecule is CCc1cnc(C(C)NC(=O)C2(C(N)=S)CC2)s1. The van der Waals surface area contributed by atoms with Crippen LogP contribution in [0.4, 0.5) is 0 Å². The predicted molar refractivity (Wildman–Crippen MR) is 76.5 cm³/mol. The van der Waals surface area contributed by atoms with Gasteiger partial charge in [-0.05, 0) is 26.2 Å². The predicted octanol–water partition coefficient (Wildman–Crippen LogP) is 1.95. The lowest BCUT2D eigenvalue weighted by molar-refractivity contribution is -0.124. The molecule has 18 heavy (non-hydrogen) atoms. The van der Waals surface area contributed by atoms with Crippen molar-refractivity contribution in [2.24, 2.45) is 11.1 Å². The van der Waals surface area contributed by atoms with E-state index in [9.17, 15) is 4.79 Å². The molecule has 1 unspecified atom stereocenters. The molecule has 1 amide bonds. The summed E-state index contributed by atoms with van der Waals surface area (Å²) in [7, 11) is 0. The van der Waals surface area contributed by atoms with Crippen LogP contribution in [0.2, 0.25) is 0 Å². The van der Waals surface area contributed by atoms with Crippen molar-refractivity contribution in [2.45, 2.75) is 39.2 Å². The molecule has 2 rings (SSSR count). The van der Waals surface area contributed by atoms with Crippen LogP contribution in [0.5, 0.6) is 0 Å². The summed E-state index contributed by atoms with van der Waals surface area (Å²) in [5.74, 6) is -0.0595. The van der Waals surface area contributed by atoms with Crippen molar-refractivity contribution in [3.63, 3.8) is 0 Å². The number of nitrogens with one attached hydrogen (secondary N) is 1. The normalized spacial score (nSPS) is 18.1. The Morgan fingerprint density at radius 1 is 1.72 bits per heavy atom. The van der Waals surface area contributed by atoms with Crippen LogP contribution < -0.4 is 11.1 Å². The quantitative estimate of drug-likeness (QED) is 0.811. The van der Waals surface area contributed by atoms with Gasteiger partial charge in [0, 0.05) is 11.1 Å². The Bertz CT molecular complexity index is 479. The van der Waals surface area contributed by atoms with Crippen LogP contribution >= 0.6 is 23.6 Å². The zero-order valence-electron chi connectivity index (χ0n) is 10.5. The Morgan fingerprint density at radius 2 is 2.39 bits per heavy atom. The second kappa shape index (κ2) is 4.93. The lowest BCUT2D eigenvalue weighted by atomic mass is 10.1. The Morgan fingerprint density at radius 3 is 2.83 bits per heavy atom. The van der Waals surface area contributed by atoms with Gasteiger partial charge >= 0.3 is 0 Å². The molecular formula is C12H17N3OS2. The molecule has 1 atom stereocenters. The first-order chi connectivity index (χ1) is 8.49. The van der Waals surface area contributed by atoms with Crippen molar-refractivity contribution in [1.29, 1.82) is 0 Å². The van der Waals surface area contributed by atoms with Gasteiger partial charge in [-0.15, -0.1) is 11.3 Å². The van der Waals surface area contributed by atoms with E-state index in [4.69, 9.17) is 18.0 Å². The van der Waals surface area contributed by atoms with Gasteiger partial charge in [-0.1, -0.05) is 19.1 Å². The first kappa shape index (κ1) is 13.4. The Labute approximate surface area is 116 Å². The molecule has 0 aromatic carbocycles. The molecule has 0 spiro atoms. The van der Waals surface area contributed by atoms with Gasteiger partial charge in [0.05, 0.1) is 16.4 Å². The highest BCUT2D eigenvalue weighted by Crippen LogP contribution is 2.46. The minimum absolute atomic E-state index is 0.0595. The van der Waals surface area contributed by atoms with Crippen molar-refractivity contribution < 1.29 is 4.79 Å². The van der Waals surface area contributed by atoms with Crippen LogP contribution in [0.1, 0.15) is 42.6 Å². The smallest absolute Gasteiger partial charge is 0.233 e. The van der Waals surface area contributed by atoms with Crippen LogP contribution in [-0.2, 0) is 11.2 Å². The monoisotopic (exact) mass is 283 g/mol. The topological polar surface area (TPSA) is 68.0 Å². The Kier molecular flexibility index (Phi) is 3.68. The molecule has 3 N–H and O–H groups in total. The maximum Gasteiger partial charge on any atom is 0.233 e. The number of carbonyl (C=O) groups excluding carboxylic acids is 1. The number of hydrogen-bond donors (Lipinski definition) is 2. The molecule has 6 heteroatoms. The highest BCUT2D eigenvalue weighted by Gasteiger charge is 2.53. The van der Waals surface area contributed by atoms with E-state index in [1.165, 1.54) is 4.88 Å². The summed E-state index contributed by atoms with van der Waals surface area (Å²) in [4.78, 5) is 18.0. The number of carbonyl (C=O) groups is 1. The van der Waals surface area contributed by atoms with Crippen molar-refractivity contribution in [2.75, 3.05) is 0 Å². The molecule has 1 aliphatic rings. The van der Waals surface area contributed by atoms with Gasteiger partial charge < -0.3 is 11.1 Å². The van der Waals surface area contributed by atoms with Gasteiger partial charge in [0.15, 0.2) is 0 Å². The fourth-order valence-electron chi connectivity index (χ4n) is 1.79. The summed E-state index contributed by atoms with van der Waals surface area (Å²) in [6.07, 6.45) is 4.36. The van der Waals surface area contributed by atoms with E-state index in [-0.39, 0.29) is 11.9 Å². The molecule has 98 valence electrons. The number of thiazole rings is 1. The van der Waals surface area contributed by atoms with E-state index in [2.05, 4.69) is 17.2 Å². The number of aryl methyl sites for hydroxylation is 1. The standard InChI is InChI=1S/C12H17N3OS2/c1-3-8-6-14-9(18-8)7(2)15-11(16)12(4-5-12)10(13)17/h6-7H,3-5H2,1-2H3,(H2,13,17)(H,15,16). The first-order valence-corrected chi connectivity index (χ1v) is 7.27. The van der Waals surface area contributed by atoms with Crippen molar-refractivity contribution in [1.82, 2.24) is 10.3 Å². The summed E-state index contributed by atoms with van der Waals surface area (Å²) >= 11 is 6.60. The molecule has 1 saturated carbocycles. The fourth-order valence-corrected chi connectivity index (χ4v) is 2.95. The van der Waals surface area contributed by atoms with Gasteiger partial charge in [0.1, 0.15) is 5.01 Å². The number of aromatic nitrogens is 1. The third-order valence-corrected chi connectivity index (χ3v) is 5.01. The summed E-state index contributed by atoms with van der Waals surface area (Å²) < 4.78 is 0. The summed E-state index contributed by atoms with van der Waals surface area (Å²) in [6, 6.07) is -0.0883. The van der Waals surface area contributed by atoms with Crippen molar-refractivity contribution >= 4 is 34.5 Å². The zero-order valence-corrected chi connectivity index (χ0v) is 12.2. The van der Waals surface area contributed by atoms with Crippen molar-refractivity contribution in [3.05, 3.63) is 16.1 Å². The van der Waals surface area contributed by atoms with Gasteiger partial charge in [-0.2, -0.15) is 0 Å². The molecule has 1 aliphatic carbocycles. The molecule has 1 aromatic heterocycles. The molecule has 0 radical (unpaired) electrons. The second-order valence-corrected chi connectivity index (χ2v) is 6.25. The Hall–Kier alpha value is -1.01. The highest BCUT2D eigenvalue weighted by atomic mass is 32.1. The molecule has 1 fully saturated rings. The summed E-state index contributed by atoms with van der Waals surface area (Å²) in [6.45, 7) is 4.03. The lowest BCUT2D eigenvalue weighted by Crippen LogP contribution is -2.40.